The van der Waals surface area contributed by atoms with E-state index in [4.69, 9.17) is 28.5 Å². The van der Waals surface area contributed by atoms with Crippen molar-refractivity contribution in [3.8, 4) is 6.07 Å². The van der Waals surface area contributed by atoms with Gasteiger partial charge in [0.1, 0.15) is 0 Å². The Bertz CT molecular complexity index is 1090. The normalized spacial score (nSPS) is 16.3. The number of carbonyl (C=O) groups is 3. The predicted molar refractivity (Wildman–Crippen MR) is 118 cm³/mol. The monoisotopic (exact) mass is 473 g/mol. The van der Waals surface area contributed by atoms with Crippen molar-refractivity contribution >= 4 is 40.9 Å². The van der Waals surface area contributed by atoms with Crippen molar-refractivity contribution in [1.82, 2.24) is 20.8 Å². The van der Waals surface area contributed by atoms with Crippen LogP contribution in [-0.2, 0) is 32.8 Å². The molecule has 166 valence electrons. The Labute approximate surface area is 195 Å². The van der Waals surface area contributed by atoms with Gasteiger partial charge in [-0.2, -0.15) is 15.5 Å². The highest BCUT2D eigenvalue weighted by Gasteiger charge is 2.33. The smallest absolute Gasteiger partial charge is 0.234 e. The Balaban J connectivity index is 1.71. The first-order valence-electron chi connectivity index (χ1n) is 9.93. The van der Waals surface area contributed by atoms with Gasteiger partial charge in [0.2, 0.25) is 17.7 Å². The first-order chi connectivity index (χ1) is 15.1. The summed E-state index contributed by atoms with van der Waals surface area (Å²) in [6.45, 7) is 3.61. The largest absolute Gasteiger partial charge is 0.351 e. The lowest BCUT2D eigenvalue weighted by molar-refractivity contribution is -0.134. The molecule has 0 radical (unpaired) electrons. The van der Waals surface area contributed by atoms with Crippen LogP contribution >= 0.6 is 23.2 Å². The number of nitriles is 1. The van der Waals surface area contributed by atoms with Gasteiger partial charge in [0.15, 0.2) is 0 Å². The van der Waals surface area contributed by atoms with Crippen LogP contribution < -0.4 is 10.6 Å². The lowest BCUT2D eigenvalue weighted by Crippen LogP contribution is -2.40. The molecule has 32 heavy (non-hydrogen) atoms. The second-order valence-corrected chi connectivity index (χ2v) is 8.84. The standard InChI is InChI=1S/C22H21Cl2N5O3/c1-22(2,17-5-3-13(7-8-25)28-29-17)21(32)26-11-12-9-15(23)19(16(24)10-12)14-4-6-18(30)27-20(14)31/h3,5,9-10,14H,4,6-7,11H2,1-2H3,(H,26,32)(H,27,30,31). The molecule has 0 aliphatic carbocycles. The van der Waals surface area contributed by atoms with E-state index in [1.807, 2.05) is 6.07 Å². The van der Waals surface area contributed by atoms with Crippen LogP contribution in [0.25, 0.3) is 0 Å². The van der Waals surface area contributed by atoms with Crippen molar-refractivity contribution in [2.24, 2.45) is 0 Å². The summed E-state index contributed by atoms with van der Waals surface area (Å²) in [5.41, 5.74) is 1.18. The SMILES string of the molecule is CC(C)(C(=O)NCc1cc(Cl)c(C2CCC(=O)NC2=O)c(Cl)c1)c1ccc(CC#N)nn1. The van der Waals surface area contributed by atoms with E-state index in [2.05, 4.69) is 20.8 Å². The van der Waals surface area contributed by atoms with Gasteiger partial charge in [0.25, 0.3) is 0 Å². The Hall–Kier alpha value is -3.02. The highest BCUT2D eigenvalue weighted by Crippen LogP contribution is 2.37. The van der Waals surface area contributed by atoms with Gasteiger partial charge in [-0.25, -0.2) is 0 Å². The Kier molecular flexibility index (Phi) is 7.12. The molecular weight excluding hydrogens is 453 g/mol. The number of imide groups is 1. The highest BCUT2D eigenvalue weighted by molar-refractivity contribution is 6.36. The van der Waals surface area contributed by atoms with Crippen molar-refractivity contribution in [2.75, 3.05) is 0 Å². The third-order valence-corrected chi connectivity index (χ3v) is 5.99. The van der Waals surface area contributed by atoms with E-state index in [0.717, 1.165) is 0 Å². The molecule has 1 aromatic heterocycles. The molecule has 1 atom stereocenters. The van der Waals surface area contributed by atoms with Crippen molar-refractivity contribution in [3.05, 3.63) is 56.8 Å². The summed E-state index contributed by atoms with van der Waals surface area (Å²) in [4.78, 5) is 36.4. The van der Waals surface area contributed by atoms with Gasteiger partial charge < -0.3 is 5.32 Å². The molecule has 1 aromatic carbocycles. The number of rotatable bonds is 6. The lowest BCUT2D eigenvalue weighted by atomic mass is 9.87. The molecule has 3 amide bonds. The molecule has 0 bridgehead atoms. The van der Waals surface area contributed by atoms with E-state index in [0.29, 0.717) is 39.0 Å². The Morgan fingerprint density at radius 1 is 1.25 bits per heavy atom. The number of nitrogens with one attached hydrogen (secondary N) is 2. The fraction of sp³-hybridized carbons (Fsp3) is 0.364. The maximum Gasteiger partial charge on any atom is 0.234 e. The maximum absolute atomic E-state index is 12.8. The van der Waals surface area contributed by atoms with Crippen LogP contribution in [0.3, 0.4) is 0 Å². The maximum atomic E-state index is 12.8. The molecule has 8 nitrogen and oxygen atoms in total. The average molecular weight is 474 g/mol. The van der Waals surface area contributed by atoms with E-state index in [1.54, 1.807) is 38.1 Å². The summed E-state index contributed by atoms with van der Waals surface area (Å²) in [6.07, 6.45) is 0.704. The first kappa shape index (κ1) is 23.6. The van der Waals surface area contributed by atoms with Gasteiger partial charge in [-0.15, -0.1) is 0 Å². The molecule has 1 aliphatic rings. The van der Waals surface area contributed by atoms with Gasteiger partial charge in [0, 0.05) is 28.6 Å². The quantitative estimate of drug-likeness (QED) is 0.621. The van der Waals surface area contributed by atoms with Gasteiger partial charge in [-0.1, -0.05) is 23.2 Å². The van der Waals surface area contributed by atoms with Crippen LogP contribution in [0.15, 0.2) is 24.3 Å². The number of carbonyl (C=O) groups excluding carboxylic acids is 3. The second-order valence-electron chi connectivity index (χ2n) is 8.03. The number of hydrogen-bond acceptors (Lipinski definition) is 6. The molecule has 2 aromatic rings. The summed E-state index contributed by atoms with van der Waals surface area (Å²) < 4.78 is 0. The van der Waals surface area contributed by atoms with Gasteiger partial charge in [0.05, 0.1) is 35.2 Å². The fourth-order valence-corrected chi connectivity index (χ4v) is 4.22. The van der Waals surface area contributed by atoms with E-state index < -0.39 is 17.2 Å². The summed E-state index contributed by atoms with van der Waals surface area (Å²) in [5, 5.41) is 22.5. The molecule has 1 fully saturated rings. The van der Waals surface area contributed by atoms with E-state index in [9.17, 15) is 14.4 Å². The third kappa shape index (κ3) is 5.06. The number of aromatic nitrogens is 2. The summed E-state index contributed by atoms with van der Waals surface area (Å²) in [7, 11) is 0. The number of halogens is 2. The van der Waals surface area contributed by atoms with Gasteiger partial charge >= 0.3 is 0 Å². The molecule has 3 rings (SSSR count). The molecule has 1 unspecified atom stereocenters. The van der Waals surface area contributed by atoms with Crippen molar-refractivity contribution in [3.63, 3.8) is 0 Å². The van der Waals surface area contributed by atoms with Crippen LogP contribution in [-0.4, -0.2) is 27.9 Å². The minimum absolute atomic E-state index is 0.149. The van der Waals surface area contributed by atoms with Crippen LogP contribution in [0, 0.1) is 11.3 Å². The molecule has 2 N–H and O–H groups in total. The average Bonchev–Trinajstić information content (AvgIpc) is 2.73. The van der Waals surface area contributed by atoms with Crippen LogP contribution in [0.2, 0.25) is 10.0 Å². The van der Waals surface area contributed by atoms with E-state index in [-0.39, 0.29) is 31.2 Å². The van der Waals surface area contributed by atoms with Gasteiger partial charge in [-0.05, 0) is 50.1 Å². The molecule has 0 spiro atoms. The van der Waals surface area contributed by atoms with Crippen molar-refractivity contribution < 1.29 is 14.4 Å². The molecule has 0 saturated carbocycles. The Morgan fingerprint density at radius 2 is 1.94 bits per heavy atom. The molecule has 10 heteroatoms. The first-order valence-corrected chi connectivity index (χ1v) is 10.7. The van der Waals surface area contributed by atoms with E-state index >= 15 is 0 Å². The number of nitrogens with zero attached hydrogens (tertiary/aromatic N) is 3. The highest BCUT2D eigenvalue weighted by atomic mass is 35.5. The Morgan fingerprint density at radius 3 is 2.50 bits per heavy atom. The van der Waals surface area contributed by atoms with E-state index in [1.165, 1.54) is 0 Å². The summed E-state index contributed by atoms with van der Waals surface area (Å²) in [6, 6.07) is 8.66. The topological polar surface area (TPSA) is 125 Å². The molecule has 1 saturated heterocycles. The number of benzene rings is 1. The molecule has 1 aliphatic heterocycles. The van der Waals surface area contributed by atoms with Crippen molar-refractivity contribution in [1.29, 1.82) is 5.26 Å². The summed E-state index contributed by atoms with van der Waals surface area (Å²) >= 11 is 12.8. The number of hydrogen-bond donors (Lipinski definition) is 2. The summed E-state index contributed by atoms with van der Waals surface area (Å²) in [5.74, 6) is -1.61. The minimum atomic E-state index is -0.960. The molecular formula is C22H21Cl2N5O3. The zero-order chi connectivity index (χ0) is 23.5. The predicted octanol–water partition coefficient (Wildman–Crippen LogP) is 2.96. The number of amides is 3. The zero-order valence-electron chi connectivity index (χ0n) is 17.5. The van der Waals surface area contributed by atoms with Crippen LogP contribution in [0.1, 0.15) is 55.1 Å². The minimum Gasteiger partial charge on any atom is -0.351 e. The van der Waals surface area contributed by atoms with Crippen LogP contribution in [0.4, 0.5) is 0 Å². The lowest BCUT2D eigenvalue weighted by Gasteiger charge is -2.24. The fourth-order valence-electron chi connectivity index (χ4n) is 3.43. The van der Waals surface area contributed by atoms with Crippen molar-refractivity contribution in [2.45, 2.75) is 51.0 Å². The molecule has 2 heterocycles. The van der Waals surface area contributed by atoms with Gasteiger partial charge in [-0.3, -0.25) is 19.7 Å². The number of piperidine rings is 1. The van der Waals surface area contributed by atoms with Crippen LogP contribution in [0.5, 0.6) is 0 Å². The zero-order valence-corrected chi connectivity index (χ0v) is 19.0. The second kappa shape index (κ2) is 9.63. The third-order valence-electron chi connectivity index (χ3n) is 5.37.